The summed E-state index contributed by atoms with van der Waals surface area (Å²) >= 11 is 0. The molecule has 6 nitrogen and oxygen atoms in total. The van der Waals surface area contributed by atoms with Crippen LogP contribution in [-0.4, -0.2) is 31.7 Å². The van der Waals surface area contributed by atoms with Crippen molar-refractivity contribution in [2.75, 3.05) is 6.54 Å². The lowest BCUT2D eigenvalue weighted by Crippen LogP contribution is -2.40. The SMILES string of the molecule is Cc1nn(C)c2c1c(C(F)(F)F)cc(=O)n2CC(=O)N1CCc2ccccc2C1. The van der Waals surface area contributed by atoms with Crippen LogP contribution in [0.15, 0.2) is 35.1 Å². The number of hydrogen-bond donors (Lipinski definition) is 0. The summed E-state index contributed by atoms with van der Waals surface area (Å²) in [6.45, 7) is 2.03. The van der Waals surface area contributed by atoms with Crippen molar-refractivity contribution in [3.63, 3.8) is 0 Å². The summed E-state index contributed by atoms with van der Waals surface area (Å²) in [6.07, 6.45) is -3.99. The van der Waals surface area contributed by atoms with Crippen LogP contribution in [0.25, 0.3) is 11.0 Å². The Labute approximate surface area is 164 Å². The highest BCUT2D eigenvalue weighted by Gasteiger charge is 2.36. The summed E-state index contributed by atoms with van der Waals surface area (Å²) < 4.78 is 42.7. The van der Waals surface area contributed by atoms with E-state index >= 15 is 0 Å². The first kappa shape index (κ1) is 19.2. The van der Waals surface area contributed by atoms with Gasteiger partial charge in [-0.2, -0.15) is 18.3 Å². The Morgan fingerprint density at radius 3 is 2.59 bits per heavy atom. The molecule has 29 heavy (non-hydrogen) atoms. The van der Waals surface area contributed by atoms with E-state index in [0.717, 1.165) is 10.1 Å². The van der Waals surface area contributed by atoms with Gasteiger partial charge in [-0.1, -0.05) is 24.3 Å². The lowest BCUT2D eigenvalue weighted by Gasteiger charge is -2.29. The van der Waals surface area contributed by atoms with Crippen LogP contribution >= 0.6 is 0 Å². The average Bonchev–Trinajstić information content (AvgIpc) is 2.96. The number of carbonyl (C=O) groups is 1. The number of hydrogen-bond acceptors (Lipinski definition) is 3. The molecule has 4 rings (SSSR count). The number of rotatable bonds is 2. The Morgan fingerprint density at radius 1 is 1.21 bits per heavy atom. The third-order valence-corrected chi connectivity index (χ3v) is 5.33. The number of carbonyl (C=O) groups excluding carboxylic acids is 1. The zero-order valence-electron chi connectivity index (χ0n) is 16.0. The number of fused-ring (bicyclic) bond motifs is 2. The predicted octanol–water partition coefficient (Wildman–Crippen LogP) is 2.65. The molecular weight excluding hydrogens is 385 g/mol. The second-order valence-corrected chi connectivity index (χ2v) is 7.22. The molecule has 1 amide bonds. The molecule has 2 aromatic heterocycles. The van der Waals surface area contributed by atoms with Crippen LogP contribution in [0.5, 0.6) is 0 Å². The van der Waals surface area contributed by atoms with Gasteiger partial charge in [0.05, 0.1) is 16.6 Å². The maximum atomic E-state index is 13.5. The zero-order chi connectivity index (χ0) is 20.9. The normalized spacial score (nSPS) is 14.3. The minimum Gasteiger partial charge on any atom is -0.336 e. The minimum atomic E-state index is -4.69. The first-order valence-electron chi connectivity index (χ1n) is 9.15. The fraction of sp³-hybridized carbons (Fsp3) is 0.350. The van der Waals surface area contributed by atoms with E-state index in [4.69, 9.17) is 0 Å². The number of amides is 1. The van der Waals surface area contributed by atoms with Crippen LogP contribution in [0.2, 0.25) is 0 Å². The Bertz CT molecular complexity index is 1180. The standard InChI is InChI=1S/C20H19F3N4O2/c1-12-18-15(20(21,22)23)9-16(28)27(19(18)25(2)24-12)11-17(29)26-8-7-13-5-3-4-6-14(13)10-26/h3-6,9H,7-8,10-11H2,1-2H3. The number of nitrogens with zero attached hydrogens (tertiary/aromatic N) is 4. The molecule has 9 heteroatoms. The summed E-state index contributed by atoms with van der Waals surface area (Å²) in [7, 11) is 1.47. The third-order valence-electron chi connectivity index (χ3n) is 5.33. The summed E-state index contributed by atoms with van der Waals surface area (Å²) in [5, 5.41) is 3.89. The van der Waals surface area contributed by atoms with Gasteiger partial charge in [0, 0.05) is 26.2 Å². The molecule has 0 bridgehead atoms. The second-order valence-electron chi connectivity index (χ2n) is 7.22. The van der Waals surface area contributed by atoms with E-state index in [0.29, 0.717) is 25.6 Å². The summed E-state index contributed by atoms with van der Waals surface area (Å²) in [5.41, 5.74) is 0.453. The maximum Gasteiger partial charge on any atom is 0.417 e. The van der Waals surface area contributed by atoms with Crippen molar-refractivity contribution in [2.24, 2.45) is 7.05 Å². The molecule has 3 aromatic rings. The summed E-state index contributed by atoms with van der Waals surface area (Å²) in [6, 6.07) is 8.35. The molecule has 0 unspecified atom stereocenters. The Balaban J connectivity index is 1.73. The summed E-state index contributed by atoms with van der Waals surface area (Å²) in [4.78, 5) is 27.0. The van der Waals surface area contributed by atoms with Gasteiger partial charge in [-0.05, 0) is 24.5 Å². The molecule has 0 spiro atoms. The van der Waals surface area contributed by atoms with Crippen molar-refractivity contribution in [1.29, 1.82) is 0 Å². The average molecular weight is 404 g/mol. The number of aryl methyl sites for hydroxylation is 2. The van der Waals surface area contributed by atoms with Crippen molar-refractivity contribution < 1.29 is 18.0 Å². The topological polar surface area (TPSA) is 60.1 Å². The van der Waals surface area contributed by atoms with Gasteiger partial charge in [-0.15, -0.1) is 0 Å². The molecule has 0 fully saturated rings. The van der Waals surface area contributed by atoms with E-state index in [9.17, 15) is 22.8 Å². The molecule has 1 aliphatic heterocycles. The number of benzene rings is 1. The highest BCUT2D eigenvalue weighted by molar-refractivity contribution is 5.85. The van der Waals surface area contributed by atoms with Gasteiger partial charge in [-0.25, -0.2) is 0 Å². The molecule has 3 heterocycles. The minimum absolute atomic E-state index is 0.00640. The molecular formula is C20H19F3N4O2. The quantitative estimate of drug-likeness (QED) is 0.660. The van der Waals surface area contributed by atoms with Crippen LogP contribution in [0.3, 0.4) is 0 Å². The van der Waals surface area contributed by atoms with Crippen LogP contribution in [-0.2, 0) is 37.5 Å². The number of aromatic nitrogens is 3. The third kappa shape index (κ3) is 3.30. The Kier molecular flexibility index (Phi) is 4.48. The van der Waals surface area contributed by atoms with Crippen LogP contribution in [0.1, 0.15) is 22.4 Å². The van der Waals surface area contributed by atoms with Crippen molar-refractivity contribution >= 4 is 16.9 Å². The molecule has 152 valence electrons. The van der Waals surface area contributed by atoms with E-state index in [1.54, 1.807) is 4.90 Å². The highest BCUT2D eigenvalue weighted by atomic mass is 19.4. The first-order valence-corrected chi connectivity index (χ1v) is 9.15. The maximum absolute atomic E-state index is 13.5. The van der Waals surface area contributed by atoms with Crippen molar-refractivity contribution in [1.82, 2.24) is 19.2 Å². The van der Waals surface area contributed by atoms with Gasteiger partial charge < -0.3 is 4.90 Å². The summed E-state index contributed by atoms with van der Waals surface area (Å²) in [5.74, 6) is -0.318. The van der Waals surface area contributed by atoms with Gasteiger partial charge in [0.1, 0.15) is 12.2 Å². The highest BCUT2D eigenvalue weighted by Crippen LogP contribution is 2.35. The predicted molar refractivity (Wildman–Crippen MR) is 100 cm³/mol. The van der Waals surface area contributed by atoms with Gasteiger partial charge in [0.15, 0.2) is 0 Å². The second kappa shape index (κ2) is 6.75. The lowest BCUT2D eigenvalue weighted by molar-refractivity contribution is -0.136. The molecule has 0 aliphatic carbocycles. The Morgan fingerprint density at radius 2 is 1.90 bits per heavy atom. The van der Waals surface area contributed by atoms with Crippen molar-refractivity contribution in [2.45, 2.75) is 32.6 Å². The first-order chi connectivity index (χ1) is 13.7. The molecule has 0 radical (unpaired) electrons. The zero-order valence-corrected chi connectivity index (χ0v) is 16.0. The molecule has 1 aromatic carbocycles. The van der Waals surface area contributed by atoms with Crippen LogP contribution in [0, 0.1) is 6.92 Å². The van der Waals surface area contributed by atoms with E-state index in [-0.39, 0.29) is 29.2 Å². The monoisotopic (exact) mass is 404 g/mol. The number of alkyl halides is 3. The molecule has 0 N–H and O–H groups in total. The smallest absolute Gasteiger partial charge is 0.336 e. The molecule has 0 atom stereocenters. The van der Waals surface area contributed by atoms with E-state index in [1.807, 2.05) is 24.3 Å². The van der Waals surface area contributed by atoms with E-state index in [1.165, 1.54) is 24.2 Å². The lowest BCUT2D eigenvalue weighted by atomic mass is 10.00. The number of halogens is 3. The van der Waals surface area contributed by atoms with Gasteiger partial charge in [0.25, 0.3) is 5.56 Å². The molecule has 1 aliphatic rings. The van der Waals surface area contributed by atoms with Crippen molar-refractivity contribution in [3.8, 4) is 0 Å². The van der Waals surface area contributed by atoms with E-state index in [2.05, 4.69) is 5.10 Å². The largest absolute Gasteiger partial charge is 0.417 e. The fourth-order valence-corrected chi connectivity index (χ4v) is 3.97. The fourth-order valence-electron chi connectivity index (χ4n) is 3.97. The van der Waals surface area contributed by atoms with Gasteiger partial charge in [-0.3, -0.25) is 18.8 Å². The van der Waals surface area contributed by atoms with Gasteiger partial charge >= 0.3 is 6.18 Å². The molecule has 0 saturated carbocycles. The van der Waals surface area contributed by atoms with Crippen molar-refractivity contribution in [3.05, 3.63) is 63.1 Å². The number of pyridine rings is 1. The Hall–Kier alpha value is -3.10. The van der Waals surface area contributed by atoms with Gasteiger partial charge in [0.2, 0.25) is 5.91 Å². The van der Waals surface area contributed by atoms with E-state index < -0.39 is 17.3 Å². The molecule has 0 saturated heterocycles. The van der Waals surface area contributed by atoms with Crippen LogP contribution in [0.4, 0.5) is 13.2 Å². The van der Waals surface area contributed by atoms with Crippen LogP contribution < -0.4 is 5.56 Å².